The van der Waals surface area contributed by atoms with Crippen LogP contribution in [0, 0.1) is 46.3 Å². The number of hydrogen-bond acceptors (Lipinski definition) is 9. The maximum atomic E-state index is 12.3. The molecule has 0 aromatic heterocycles. The van der Waals surface area contributed by atoms with E-state index >= 15 is 0 Å². The number of fused-ring (bicyclic) bond motifs is 6. The Morgan fingerprint density at radius 3 is 1.32 bits per heavy atom. The number of piperidine rings is 4. The maximum absolute atomic E-state index is 12.3. The number of rotatable bonds is 12. The molecule has 4 saturated heterocycles. The molecule has 2 aliphatic carbocycles. The summed E-state index contributed by atoms with van der Waals surface area (Å²) >= 11 is 0. The molecule has 2 saturated carbocycles. The van der Waals surface area contributed by atoms with Crippen LogP contribution in [-0.4, -0.2) is 70.3 Å². The van der Waals surface area contributed by atoms with Crippen LogP contribution in [0.5, 0.6) is 11.5 Å². The molecule has 10 rings (SSSR count). The average Bonchev–Trinajstić information content (AvgIpc) is 3.39. The largest absolute Gasteiger partial charge is 0.489 e. The van der Waals surface area contributed by atoms with Gasteiger partial charge in [0.2, 0.25) is 0 Å². The van der Waals surface area contributed by atoms with Crippen LogP contribution in [0.1, 0.15) is 190 Å². The van der Waals surface area contributed by atoms with E-state index in [4.69, 9.17) is 14.2 Å². The van der Waals surface area contributed by atoms with Crippen molar-refractivity contribution in [1.29, 1.82) is 10.5 Å². The van der Waals surface area contributed by atoms with Gasteiger partial charge in [-0.15, -0.1) is 0 Å². The van der Waals surface area contributed by atoms with Crippen LogP contribution >= 0.6 is 0 Å². The van der Waals surface area contributed by atoms with Gasteiger partial charge in [0, 0.05) is 47.0 Å². The zero-order chi connectivity index (χ0) is 49.8. The van der Waals surface area contributed by atoms with Gasteiger partial charge in [0.25, 0.3) is 0 Å². The van der Waals surface area contributed by atoms with E-state index in [2.05, 4.69) is 98.2 Å². The van der Waals surface area contributed by atoms with Crippen LogP contribution in [0.4, 0.5) is 0 Å². The Labute approximate surface area is 423 Å². The van der Waals surface area contributed by atoms with Crippen LogP contribution in [-0.2, 0) is 14.3 Å². The summed E-state index contributed by atoms with van der Waals surface area (Å²) in [6.07, 6.45) is 22.0. The first-order valence-electron chi connectivity index (χ1n) is 27.6. The van der Waals surface area contributed by atoms with Gasteiger partial charge in [-0.2, -0.15) is 10.5 Å². The second-order valence-electron chi connectivity index (χ2n) is 22.3. The summed E-state index contributed by atoms with van der Waals surface area (Å²) in [4.78, 5) is 29.2. The SMILES string of the molecule is CCC1CCC(Oc2ccc3ccc(C(C)N4C5CCCC4CC(C(=O)O)C5)cc3c2C#N)CC1.CCC1CCC(Oc2ccc3ccc(C(C)N4C5CCCC4CC(C(=O)OC)C5)cc3c2C#N)CC1. The summed E-state index contributed by atoms with van der Waals surface area (Å²) in [7, 11) is 1.50. The number of carbonyl (C=O) groups excluding carboxylic acids is 1. The first-order valence-corrected chi connectivity index (χ1v) is 27.6. The Hall–Kier alpha value is -5.16. The molecule has 4 aliphatic heterocycles. The first-order chi connectivity index (χ1) is 34.5. The number of carboxylic acids is 1. The standard InChI is InChI=1S/C31H40N2O3.C30H38N2O3/c1-4-21-8-13-27(14-9-21)36-30-15-12-22-10-11-23(18-28(22)29(30)19-32)20(2)33-25-6-5-7-26(33)17-24(16-25)31(34)35-3;1-3-20-7-12-26(13-8-20)35-29-14-11-21-9-10-22(17-27(21)28(29)18-31)19(2)32-24-5-4-6-25(32)16-23(15-24)30(33)34/h10-12,15,18,20-21,24-27H,4-9,13-14,16-17H2,1-3H3;9-11,14,17,19-20,23-26H,3-8,12-13,15-16H2,1-2H3,(H,33,34). The monoisotopic (exact) mass is 963 g/mol. The number of aliphatic carboxylic acids is 1. The molecule has 10 nitrogen and oxygen atoms in total. The molecule has 0 radical (unpaired) electrons. The highest BCUT2D eigenvalue weighted by Gasteiger charge is 2.44. The van der Waals surface area contributed by atoms with Crippen molar-refractivity contribution in [2.75, 3.05) is 7.11 Å². The van der Waals surface area contributed by atoms with E-state index in [-0.39, 0.29) is 42.1 Å². The van der Waals surface area contributed by atoms with Gasteiger partial charge in [-0.3, -0.25) is 19.4 Å². The first kappa shape index (κ1) is 50.8. The number of ether oxygens (including phenoxy) is 3. The zero-order valence-electron chi connectivity index (χ0n) is 43.1. The van der Waals surface area contributed by atoms with Crippen molar-refractivity contribution in [3.63, 3.8) is 0 Å². The highest BCUT2D eigenvalue weighted by atomic mass is 16.5. The fourth-order valence-corrected chi connectivity index (χ4v) is 14.3. The summed E-state index contributed by atoms with van der Waals surface area (Å²) in [6, 6.07) is 27.9. The lowest BCUT2D eigenvalue weighted by molar-refractivity contribution is -0.150. The molecule has 6 unspecified atom stereocenters. The van der Waals surface area contributed by atoms with Gasteiger partial charge >= 0.3 is 11.9 Å². The Morgan fingerprint density at radius 2 is 0.972 bits per heavy atom. The number of hydrogen-bond donors (Lipinski definition) is 1. The Bertz CT molecular complexity index is 2570. The van der Waals surface area contributed by atoms with Crippen molar-refractivity contribution in [3.05, 3.63) is 82.9 Å². The van der Waals surface area contributed by atoms with Crippen LogP contribution in [0.25, 0.3) is 21.5 Å². The Kier molecular flexibility index (Phi) is 16.2. The van der Waals surface area contributed by atoms with E-state index in [9.17, 15) is 25.2 Å². The fourth-order valence-electron chi connectivity index (χ4n) is 14.3. The highest BCUT2D eigenvalue weighted by molar-refractivity contribution is 5.92. The smallest absolute Gasteiger partial charge is 0.308 e. The molecule has 4 aromatic rings. The number of carbonyl (C=O) groups is 2. The Balaban J connectivity index is 0.000000176. The van der Waals surface area contributed by atoms with E-state index in [1.807, 2.05) is 12.1 Å². The molecule has 4 aromatic carbocycles. The van der Waals surface area contributed by atoms with Crippen molar-refractivity contribution in [2.45, 2.75) is 205 Å². The number of carboxylic acid groups (broad SMARTS) is 1. The van der Waals surface area contributed by atoms with E-state index in [0.717, 1.165) is 116 Å². The molecule has 1 N–H and O–H groups in total. The van der Waals surface area contributed by atoms with Crippen molar-refractivity contribution in [3.8, 4) is 23.6 Å². The summed E-state index contributed by atoms with van der Waals surface area (Å²) in [5.74, 6) is 2.16. The molecule has 0 amide bonds. The van der Waals surface area contributed by atoms with E-state index in [0.29, 0.717) is 41.0 Å². The number of nitrogens with zero attached hydrogens (tertiary/aromatic N) is 4. The topological polar surface area (TPSA) is 136 Å². The van der Waals surface area contributed by atoms with Gasteiger partial charge in [-0.05, 0) is 175 Å². The summed E-state index contributed by atoms with van der Waals surface area (Å²) in [5, 5.41) is 34.0. The third-order valence-corrected chi connectivity index (χ3v) is 18.4. The van der Waals surface area contributed by atoms with Crippen LogP contribution in [0.15, 0.2) is 60.7 Å². The average molecular weight is 963 g/mol. The van der Waals surface area contributed by atoms with Crippen LogP contribution in [0.2, 0.25) is 0 Å². The lowest BCUT2D eigenvalue weighted by Gasteiger charge is -2.51. The molecular formula is C61H78N4O6. The lowest BCUT2D eigenvalue weighted by atomic mass is 9.77. The predicted molar refractivity (Wildman–Crippen MR) is 279 cm³/mol. The fraction of sp³-hybridized carbons (Fsp3) is 0.607. The number of nitriles is 2. The highest BCUT2D eigenvalue weighted by Crippen LogP contribution is 2.45. The van der Waals surface area contributed by atoms with E-state index < -0.39 is 5.97 Å². The van der Waals surface area contributed by atoms with E-state index in [1.165, 1.54) is 69.6 Å². The predicted octanol–water partition coefficient (Wildman–Crippen LogP) is 13.8. The third kappa shape index (κ3) is 11.0. The molecule has 10 heteroatoms. The second-order valence-corrected chi connectivity index (χ2v) is 22.3. The minimum absolute atomic E-state index is 0.0163. The lowest BCUT2D eigenvalue weighted by Crippen LogP contribution is -2.54. The van der Waals surface area contributed by atoms with Gasteiger partial charge in [0.05, 0.1) is 31.2 Å². The van der Waals surface area contributed by atoms with Crippen molar-refractivity contribution in [1.82, 2.24) is 9.80 Å². The second kappa shape index (κ2) is 22.7. The van der Waals surface area contributed by atoms with E-state index in [1.54, 1.807) is 0 Å². The number of methoxy groups -OCH3 is 1. The summed E-state index contributed by atoms with van der Waals surface area (Å²) in [5.41, 5.74) is 3.72. The molecule has 6 fully saturated rings. The minimum Gasteiger partial charge on any atom is -0.489 e. The van der Waals surface area contributed by atoms with Crippen molar-refractivity contribution < 1.29 is 28.9 Å². The maximum Gasteiger partial charge on any atom is 0.308 e. The molecule has 4 bridgehead atoms. The number of esters is 1. The van der Waals surface area contributed by atoms with Crippen molar-refractivity contribution >= 4 is 33.5 Å². The Morgan fingerprint density at radius 1 is 0.592 bits per heavy atom. The van der Waals surface area contributed by atoms with Gasteiger partial charge in [-0.1, -0.05) is 75.9 Å². The molecule has 0 spiro atoms. The molecule has 4 heterocycles. The van der Waals surface area contributed by atoms with Gasteiger partial charge in [-0.25, -0.2) is 0 Å². The summed E-state index contributed by atoms with van der Waals surface area (Å²) < 4.78 is 17.9. The summed E-state index contributed by atoms with van der Waals surface area (Å²) in [6.45, 7) is 9.06. The molecule has 71 heavy (non-hydrogen) atoms. The molecule has 6 atom stereocenters. The quantitative estimate of drug-likeness (QED) is 0.137. The normalized spacial score (nSPS) is 29.6. The molecule has 378 valence electrons. The minimum atomic E-state index is -0.644. The van der Waals surface area contributed by atoms with Gasteiger partial charge < -0.3 is 19.3 Å². The van der Waals surface area contributed by atoms with Crippen LogP contribution in [0.3, 0.4) is 0 Å². The third-order valence-electron chi connectivity index (χ3n) is 18.4. The van der Waals surface area contributed by atoms with Crippen LogP contribution < -0.4 is 9.47 Å². The molecule has 6 aliphatic rings. The zero-order valence-corrected chi connectivity index (χ0v) is 43.1. The number of benzene rings is 4. The van der Waals surface area contributed by atoms with Gasteiger partial charge in [0.1, 0.15) is 34.8 Å². The van der Waals surface area contributed by atoms with Gasteiger partial charge in [0.15, 0.2) is 0 Å². The van der Waals surface area contributed by atoms with Crippen molar-refractivity contribution in [2.24, 2.45) is 23.7 Å². The molecular weight excluding hydrogens is 885 g/mol.